The SMILES string of the molecule is Cc1ccc(OS(=O)(=O)c2c(C)n(C)c(=O)n(C)c2=O)c(C)c1. The van der Waals surface area contributed by atoms with Gasteiger partial charge >= 0.3 is 15.8 Å². The first-order valence-corrected chi connectivity index (χ1v) is 8.25. The van der Waals surface area contributed by atoms with Gasteiger partial charge in [-0.2, -0.15) is 8.42 Å². The highest BCUT2D eigenvalue weighted by Gasteiger charge is 2.27. The van der Waals surface area contributed by atoms with Crippen molar-refractivity contribution in [3.05, 3.63) is 55.9 Å². The molecule has 0 aliphatic rings. The standard InChI is InChI=1S/C15H18N2O5S/c1-9-6-7-12(10(2)8-9)22-23(20,21)13-11(3)16(4)15(19)17(5)14(13)18/h6-8H,1-5H3. The smallest absolute Gasteiger partial charge is 0.346 e. The van der Waals surface area contributed by atoms with Crippen molar-refractivity contribution < 1.29 is 12.6 Å². The molecule has 8 heteroatoms. The Labute approximate surface area is 133 Å². The average molecular weight is 338 g/mol. The molecule has 0 aliphatic heterocycles. The summed E-state index contributed by atoms with van der Waals surface area (Å²) in [5, 5.41) is 0. The first-order chi connectivity index (χ1) is 10.6. The number of hydrogen-bond donors (Lipinski definition) is 0. The van der Waals surface area contributed by atoms with Crippen LogP contribution in [0.15, 0.2) is 32.7 Å². The van der Waals surface area contributed by atoms with Crippen molar-refractivity contribution in [2.24, 2.45) is 14.1 Å². The van der Waals surface area contributed by atoms with E-state index in [0.29, 0.717) is 5.56 Å². The molecular weight excluding hydrogens is 320 g/mol. The Balaban J connectivity index is 2.66. The second-order valence-corrected chi connectivity index (χ2v) is 6.91. The van der Waals surface area contributed by atoms with Crippen molar-refractivity contribution in [3.63, 3.8) is 0 Å². The Kier molecular flexibility index (Phi) is 4.21. The van der Waals surface area contributed by atoms with Crippen molar-refractivity contribution in [2.45, 2.75) is 25.7 Å². The number of rotatable bonds is 3. The molecule has 1 heterocycles. The second-order valence-electron chi connectivity index (χ2n) is 5.43. The Morgan fingerprint density at radius 1 is 1.00 bits per heavy atom. The van der Waals surface area contributed by atoms with Crippen molar-refractivity contribution in [1.82, 2.24) is 9.13 Å². The minimum Gasteiger partial charge on any atom is -0.378 e. The van der Waals surface area contributed by atoms with Gasteiger partial charge in [0, 0.05) is 19.8 Å². The molecule has 0 aliphatic carbocycles. The van der Waals surface area contributed by atoms with Crippen molar-refractivity contribution in [3.8, 4) is 5.75 Å². The van der Waals surface area contributed by atoms with Crippen molar-refractivity contribution >= 4 is 10.1 Å². The summed E-state index contributed by atoms with van der Waals surface area (Å²) in [5.74, 6) is 0.144. The third-order valence-electron chi connectivity index (χ3n) is 3.68. The largest absolute Gasteiger partial charge is 0.378 e. The predicted octanol–water partition coefficient (Wildman–Crippen LogP) is 0.777. The molecular formula is C15H18N2O5S. The Morgan fingerprint density at radius 3 is 2.17 bits per heavy atom. The molecule has 2 aromatic rings. The zero-order valence-corrected chi connectivity index (χ0v) is 14.4. The molecule has 0 fully saturated rings. The quantitative estimate of drug-likeness (QED) is 0.772. The monoisotopic (exact) mass is 338 g/mol. The summed E-state index contributed by atoms with van der Waals surface area (Å²) in [6.07, 6.45) is 0. The number of hydrogen-bond acceptors (Lipinski definition) is 5. The number of aryl methyl sites for hydroxylation is 2. The lowest BCUT2D eigenvalue weighted by Gasteiger charge is -2.14. The van der Waals surface area contributed by atoms with E-state index in [9.17, 15) is 18.0 Å². The van der Waals surface area contributed by atoms with E-state index in [1.165, 1.54) is 27.1 Å². The molecule has 0 unspecified atom stereocenters. The molecule has 2 rings (SSSR count). The molecule has 0 spiro atoms. The summed E-state index contributed by atoms with van der Waals surface area (Å²) < 4.78 is 32.1. The van der Waals surface area contributed by atoms with Crippen LogP contribution in [0.4, 0.5) is 0 Å². The second kappa shape index (κ2) is 5.69. The van der Waals surface area contributed by atoms with Gasteiger partial charge in [-0.05, 0) is 32.4 Å². The summed E-state index contributed by atoms with van der Waals surface area (Å²) in [7, 11) is -1.75. The van der Waals surface area contributed by atoms with Gasteiger partial charge in [0.1, 0.15) is 5.75 Å². The highest BCUT2D eigenvalue weighted by Crippen LogP contribution is 2.23. The molecule has 0 atom stereocenters. The molecule has 0 bridgehead atoms. The van der Waals surface area contributed by atoms with Gasteiger partial charge in [0.25, 0.3) is 5.56 Å². The van der Waals surface area contributed by atoms with E-state index in [1.54, 1.807) is 19.1 Å². The van der Waals surface area contributed by atoms with E-state index in [2.05, 4.69) is 0 Å². The molecule has 0 amide bonds. The summed E-state index contributed by atoms with van der Waals surface area (Å²) in [6, 6.07) is 5.02. The zero-order chi connectivity index (χ0) is 17.5. The lowest BCUT2D eigenvalue weighted by Crippen LogP contribution is -2.41. The zero-order valence-electron chi connectivity index (χ0n) is 13.6. The fraction of sp³-hybridized carbons (Fsp3) is 0.333. The summed E-state index contributed by atoms with van der Waals surface area (Å²) in [6.45, 7) is 4.97. The molecule has 0 N–H and O–H groups in total. The number of nitrogens with zero attached hydrogens (tertiary/aromatic N) is 2. The lowest BCUT2D eigenvalue weighted by atomic mass is 10.1. The number of benzene rings is 1. The van der Waals surface area contributed by atoms with Gasteiger partial charge in [-0.25, -0.2) is 4.79 Å². The van der Waals surface area contributed by atoms with E-state index < -0.39 is 26.3 Å². The van der Waals surface area contributed by atoms with Crippen LogP contribution in [0, 0.1) is 20.8 Å². The van der Waals surface area contributed by atoms with Crippen LogP contribution in [0.1, 0.15) is 16.8 Å². The van der Waals surface area contributed by atoms with Crippen LogP contribution in [0.5, 0.6) is 5.75 Å². The topological polar surface area (TPSA) is 87.4 Å². The minimum absolute atomic E-state index is 0.0304. The minimum atomic E-state index is -4.36. The predicted molar refractivity (Wildman–Crippen MR) is 85.4 cm³/mol. The maximum atomic E-state index is 12.5. The fourth-order valence-electron chi connectivity index (χ4n) is 2.26. The maximum absolute atomic E-state index is 12.5. The third kappa shape index (κ3) is 2.94. The van der Waals surface area contributed by atoms with E-state index in [1.807, 2.05) is 6.92 Å². The van der Waals surface area contributed by atoms with E-state index >= 15 is 0 Å². The number of aromatic nitrogens is 2. The van der Waals surface area contributed by atoms with Gasteiger partial charge in [0.05, 0.1) is 0 Å². The molecule has 124 valence electrons. The molecule has 1 aromatic heterocycles. The van der Waals surface area contributed by atoms with Crippen LogP contribution in [0.25, 0.3) is 0 Å². The van der Waals surface area contributed by atoms with E-state index in [4.69, 9.17) is 4.18 Å². The molecule has 23 heavy (non-hydrogen) atoms. The molecule has 0 saturated heterocycles. The van der Waals surface area contributed by atoms with Crippen LogP contribution in [-0.4, -0.2) is 17.6 Å². The first kappa shape index (κ1) is 17.0. The molecule has 0 radical (unpaired) electrons. The normalized spacial score (nSPS) is 11.5. The Hall–Kier alpha value is -2.35. The third-order valence-corrected chi connectivity index (χ3v) is 5.05. The highest BCUT2D eigenvalue weighted by molar-refractivity contribution is 7.87. The van der Waals surface area contributed by atoms with Crippen LogP contribution in [0.3, 0.4) is 0 Å². The van der Waals surface area contributed by atoms with E-state index in [-0.39, 0.29) is 11.4 Å². The van der Waals surface area contributed by atoms with Crippen molar-refractivity contribution in [1.29, 1.82) is 0 Å². The molecule has 1 aromatic carbocycles. The van der Waals surface area contributed by atoms with Crippen LogP contribution in [-0.2, 0) is 24.2 Å². The summed E-state index contributed by atoms with van der Waals surface area (Å²) >= 11 is 0. The first-order valence-electron chi connectivity index (χ1n) is 6.84. The Morgan fingerprint density at radius 2 is 1.61 bits per heavy atom. The summed E-state index contributed by atoms with van der Waals surface area (Å²) in [5.41, 5.74) is 0.116. The van der Waals surface area contributed by atoms with Crippen molar-refractivity contribution in [2.75, 3.05) is 0 Å². The van der Waals surface area contributed by atoms with Gasteiger partial charge < -0.3 is 4.18 Å². The van der Waals surface area contributed by atoms with Crippen LogP contribution < -0.4 is 15.4 Å². The van der Waals surface area contributed by atoms with Gasteiger partial charge in [-0.1, -0.05) is 17.7 Å². The molecule has 0 saturated carbocycles. The highest BCUT2D eigenvalue weighted by atomic mass is 32.2. The Bertz CT molecular complexity index is 1000. The molecule has 7 nitrogen and oxygen atoms in total. The summed E-state index contributed by atoms with van der Waals surface area (Å²) in [4.78, 5) is 23.5. The fourth-order valence-corrected chi connectivity index (χ4v) is 3.61. The van der Waals surface area contributed by atoms with Gasteiger partial charge in [0.2, 0.25) is 0 Å². The van der Waals surface area contributed by atoms with Gasteiger partial charge in [-0.3, -0.25) is 13.9 Å². The van der Waals surface area contributed by atoms with E-state index in [0.717, 1.165) is 14.7 Å². The lowest BCUT2D eigenvalue weighted by molar-refractivity contribution is 0.476. The average Bonchev–Trinajstić information content (AvgIpc) is 2.46. The van der Waals surface area contributed by atoms with Crippen LogP contribution >= 0.6 is 0 Å². The van der Waals surface area contributed by atoms with Gasteiger partial charge in [0.15, 0.2) is 4.90 Å². The maximum Gasteiger partial charge on any atom is 0.346 e. The van der Waals surface area contributed by atoms with Crippen LogP contribution in [0.2, 0.25) is 0 Å². The van der Waals surface area contributed by atoms with Gasteiger partial charge in [-0.15, -0.1) is 0 Å².